The standard InChI is InChI=1S/C14H18FN5/c15-12-6-11(7-13(16)8-12)14-17-18-19-20(14)9-10-4-2-1-3-5-10/h6-8,10H,1-5,9,16H2. The molecule has 1 aromatic heterocycles. The minimum Gasteiger partial charge on any atom is -0.399 e. The third-order valence-corrected chi connectivity index (χ3v) is 3.87. The van der Waals surface area contributed by atoms with Crippen LogP contribution in [0.2, 0.25) is 0 Å². The van der Waals surface area contributed by atoms with E-state index in [-0.39, 0.29) is 5.82 Å². The van der Waals surface area contributed by atoms with Crippen molar-refractivity contribution < 1.29 is 4.39 Å². The summed E-state index contributed by atoms with van der Waals surface area (Å²) in [5.41, 5.74) is 6.69. The highest BCUT2D eigenvalue weighted by atomic mass is 19.1. The number of anilines is 1. The minimum atomic E-state index is -0.368. The smallest absolute Gasteiger partial charge is 0.182 e. The first kappa shape index (κ1) is 13.0. The van der Waals surface area contributed by atoms with Crippen LogP contribution in [0.1, 0.15) is 32.1 Å². The lowest BCUT2D eigenvalue weighted by molar-refractivity contribution is 0.307. The Labute approximate surface area is 117 Å². The Morgan fingerprint density at radius 2 is 2.00 bits per heavy atom. The Morgan fingerprint density at radius 3 is 2.75 bits per heavy atom. The lowest BCUT2D eigenvalue weighted by atomic mass is 9.89. The molecule has 1 aromatic carbocycles. The summed E-state index contributed by atoms with van der Waals surface area (Å²) in [6, 6.07) is 4.41. The number of rotatable bonds is 3. The van der Waals surface area contributed by atoms with Crippen LogP contribution in [0.25, 0.3) is 11.4 Å². The molecule has 20 heavy (non-hydrogen) atoms. The maximum atomic E-state index is 13.5. The van der Waals surface area contributed by atoms with Crippen LogP contribution in [0, 0.1) is 11.7 Å². The Hall–Kier alpha value is -1.98. The Balaban J connectivity index is 1.85. The summed E-state index contributed by atoms with van der Waals surface area (Å²) in [5, 5.41) is 11.8. The van der Waals surface area contributed by atoms with E-state index in [2.05, 4.69) is 15.5 Å². The Morgan fingerprint density at radius 1 is 1.20 bits per heavy atom. The second kappa shape index (κ2) is 5.56. The molecule has 106 valence electrons. The number of aromatic nitrogens is 4. The molecule has 0 bridgehead atoms. The van der Waals surface area contributed by atoms with E-state index in [1.165, 1.54) is 44.2 Å². The molecular weight excluding hydrogens is 257 g/mol. The number of hydrogen-bond donors (Lipinski definition) is 1. The summed E-state index contributed by atoms with van der Waals surface area (Å²) in [7, 11) is 0. The van der Waals surface area contributed by atoms with Crippen molar-refractivity contribution in [3.63, 3.8) is 0 Å². The predicted octanol–water partition coefficient (Wildman–Crippen LogP) is 2.64. The summed E-state index contributed by atoms with van der Waals surface area (Å²) in [4.78, 5) is 0. The first-order valence-electron chi connectivity index (χ1n) is 7.05. The molecule has 0 saturated heterocycles. The van der Waals surface area contributed by atoms with Crippen LogP contribution in [0.3, 0.4) is 0 Å². The molecule has 6 heteroatoms. The van der Waals surface area contributed by atoms with Crippen molar-refractivity contribution in [3.05, 3.63) is 24.0 Å². The minimum absolute atomic E-state index is 0.368. The van der Waals surface area contributed by atoms with Gasteiger partial charge in [0.2, 0.25) is 0 Å². The molecule has 1 fully saturated rings. The number of benzene rings is 1. The van der Waals surface area contributed by atoms with E-state index in [0.29, 0.717) is 23.0 Å². The van der Waals surface area contributed by atoms with Crippen molar-refractivity contribution in [2.45, 2.75) is 38.6 Å². The number of nitrogens with zero attached hydrogens (tertiary/aromatic N) is 4. The summed E-state index contributed by atoms with van der Waals surface area (Å²) in [6.45, 7) is 0.790. The Bertz CT molecular complexity index is 569. The molecule has 1 saturated carbocycles. The van der Waals surface area contributed by atoms with Crippen molar-refractivity contribution in [1.29, 1.82) is 0 Å². The van der Waals surface area contributed by atoms with Crippen molar-refractivity contribution in [3.8, 4) is 11.4 Å². The van der Waals surface area contributed by atoms with E-state index in [4.69, 9.17) is 5.73 Å². The van der Waals surface area contributed by atoms with Crippen molar-refractivity contribution in [1.82, 2.24) is 20.2 Å². The van der Waals surface area contributed by atoms with E-state index >= 15 is 0 Å². The van der Waals surface area contributed by atoms with Gasteiger partial charge in [0, 0.05) is 17.8 Å². The topological polar surface area (TPSA) is 69.6 Å². The normalized spacial score (nSPS) is 16.4. The fourth-order valence-electron chi connectivity index (χ4n) is 2.89. The van der Waals surface area contributed by atoms with Crippen molar-refractivity contribution in [2.75, 3.05) is 5.73 Å². The number of nitrogens with two attached hydrogens (primary N) is 1. The summed E-state index contributed by atoms with van der Waals surface area (Å²) in [5.74, 6) is 0.825. The SMILES string of the molecule is Nc1cc(F)cc(-c2nnnn2CC2CCCCC2)c1. The molecule has 0 spiro atoms. The van der Waals surface area contributed by atoms with Gasteiger partial charge in [-0.25, -0.2) is 9.07 Å². The molecule has 2 aromatic rings. The van der Waals surface area contributed by atoms with Gasteiger partial charge in [0.15, 0.2) is 5.82 Å². The lowest BCUT2D eigenvalue weighted by Gasteiger charge is -2.21. The van der Waals surface area contributed by atoms with Crippen LogP contribution < -0.4 is 5.73 Å². The van der Waals surface area contributed by atoms with E-state index < -0.39 is 0 Å². The zero-order chi connectivity index (χ0) is 13.9. The Kier molecular flexibility index (Phi) is 3.62. The van der Waals surface area contributed by atoms with Gasteiger partial charge in [-0.05, 0) is 47.4 Å². The number of tetrazole rings is 1. The van der Waals surface area contributed by atoms with Crippen LogP contribution in [0.4, 0.5) is 10.1 Å². The highest BCUT2D eigenvalue weighted by molar-refractivity contribution is 5.61. The number of nitrogen functional groups attached to an aromatic ring is 1. The largest absolute Gasteiger partial charge is 0.399 e. The number of hydrogen-bond acceptors (Lipinski definition) is 4. The highest BCUT2D eigenvalue weighted by Gasteiger charge is 2.18. The third kappa shape index (κ3) is 2.79. The maximum absolute atomic E-state index is 13.5. The molecule has 0 atom stereocenters. The number of halogens is 1. The molecule has 1 aliphatic rings. The highest BCUT2D eigenvalue weighted by Crippen LogP contribution is 2.27. The monoisotopic (exact) mass is 275 g/mol. The van der Waals surface area contributed by atoms with Crippen LogP contribution in [-0.4, -0.2) is 20.2 Å². The average molecular weight is 275 g/mol. The van der Waals surface area contributed by atoms with Gasteiger partial charge in [-0.1, -0.05) is 19.3 Å². The maximum Gasteiger partial charge on any atom is 0.182 e. The second-order valence-electron chi connectivity index (χ2n) is 5.46. The fourth-order valence-corrected chi connectivity index (χ4v) is 2.89. The molecule has 0 unspecified atom stereocenters. The van der Waals surface area contributed by atoms with Gasteiger partial charge in [-0.2, -0.15) is 0 Å². The lowest BCUT2D eigenvalue weighted by Crippen LogP contribution is -2.16. The summed E-state index contributed by atoms with van der Waals surface area (Å²) < 4.78 is 15.2. The third-order valence-electron chi connectivity index (χ3n) is 3.87. The van der Waals surface area contributed by atoms with Crippen molar-refractivity contribution in [2.24, 2.45) is 5.92 Å². The average Bonchev–Trinajstić information content (AvgIpc) is 2.87. The first-order chi connectivity index (χ1) is 9.72. The molecule has 1 aliphatic carbocycles. The molecule has 0 aliphatic heterocycles. The van der Waals surface area contributed by atoms with E-state index in [9.17, 15) is 4.39 Å². The van der Waals surface area contributed by atoms with Gasteiger partial charge in [-0.15, -0.1) is 5.10 Å². The first-order valence-corrected chi connectivity index (χ1v) is 7.05. The molecule has 2 N–H and O–H groups in total. The van der Waals surface area contributed by atoms with Gasteiger partial charge in [-0.3, -0.25) is 0 Å². The molecule has 0 amide bonds. The predicted molar refractivity (Wildman–Crippen MR) is 74.2 cm³/mol. The summed E-state index contributed by atoms with van der Waals surface area (Å²) in [6.07, 6.45) is 6.29. The van der Waals surface area contributed by atoms with Crippen LogP contribution >= 0.6 is 0 Å². The van der Waals surface area contributed by atoms with Gasteiger partial charge < -0.3 is 5.73 Å². The van der Waals surface area contributed by atoms with Crippen LogP contribution in [0.5, 0.6) is 0 Å². The van der Waals surface area contributed by atoms with Crippen LogP contribution in [-0.2, 0) is 6.54 Å². The van der Waals surface area contributed by atoms with E-state index in [1.54, 1.807) is 10.7 Å². The van der Waals surface area contributed by atoms with Gasteiger partial charge in [0.05, 0.1) is 0 Å². The quantitative estimate of drug-likeness (QED) is 0.874. The van der Waals surface area contributed by atoms with E-state index in [1.807, 2.05) is 0 Å². The summed E-state index contributed by atoms with van der Waals surface area (Å²) >= 11 is 0. The zero-order valence-electron chi connectivity index (χ0n) is 11.3. The van der Waals surface area contributed by atoms with Gasteiger partial charge >= 0.3 is 0 Å². The van der Waals surface area contributed by atoms with Gasteiger partial charge in [0.1, 0.15) is 5.82 Å². The fraction of sp³-hybridized carbons (Fsp3) is 0.500. The second-order valence-corrected chi connectivity index (χ2v) is 5.46. The van der Waals surface area contributed by atoms with Crippen LogP contribution in [0.15, 0.2) is 18.2 Å². The zero-order valence-corrected chi connectivity index (χ0v) is 11.3. The molecule has 0 radical (unpaired) electrons. The van der Waals surface area contributed by atoms with E-state index in [0.717, 1.165) is 6.54 Å². The molecule has 1 heterocycles. The molecule has 3 rings (SSSR count). The molecular formula is C14H18FN5. The van der Waals surface area contributed by atoms with Crippen molar-refractivity contribution >= 4 is 5.69 Å². The van der Waals surface area contributed by atoms with Gasteiger partial charge in [0.25, 0.3) is 0 Å². The molecule has 5 nitrogen and oxygen atoms in total.